The van der Waals surface area contributed by atoms with Gasteiger partial charge in [-0.2, -0.15) is 4.40 Å². The molecule has 0 atom stereocenters. The molecule has 22 heavy (non-hydrogen) atoms. The molecule has 7 heteroatoms. The summed E-state index contributed by atoms with van der Waals surface area (Å²) in [4.78, 5) is 9.58. The molecule has 3 aromatic rings. The van der Waals surface area contributed by atoms with Crippen molar-refractivity contribution in [2.45, 2.75) is 0 Å². The van der Waals surface area contributed by atoms with Crippen LogP contribution in [0.4, 0.5) is 5.82 Å². The highest BCUT2D eigenvalue weighted by atomic mass is 79.9. The molecule has 3 heterocycles. The van der Waals surface area contributed by atoms with E-state index in [1.165, 1.54) is 0 Å². The van der Waals surface area contributed by atoms with E-state index in [9.17, 15) is 0 Å². The van der Waals surface area contributed by atoms with Crippen LogP contribution in [0.15, 0.2) is 29.0 Å². The van der Waals surface area contributed by atoms with E-state index in [-0.39, 0.29) is 0 Å². The Morgan fingerprint density at radius 2 is 1.91 bits per heavy atom. The van der Waals surface area contributed by atoms with Gasteiger partial charge in [-0.3, -0.25) is 0 Å². The van der Waals surface area contributed by atoms with Gasteiger partial charge in [-0.1, -0.05) is 15.9 Å². The Labute approximate surface area is 137 Å². The minimum Gasteiger partial charge on any atom is -0.348 e. The van der Waals surface area contributed by atoms with E-state index in [0.717, 1.165) is 53.2 Å². The summed E-state index contributed by atoms with van der Waals surface area (Å²) in [6.07, 6.45) is 2.01. The van der Waals surface area contributed by atoms with E-state index < -0.39 is 0 Å². The molecule has 114 valence electrons. The third-order valence-corrected chi connectivity index (χ3v) is 4.68. The van der Waals surface area contributed by atoms with E-state index >= 15 is 0 Å². The maximum Gasteiger partial charge on any atom is 0.349 e. The van der Waals surface area contributed by atoms with Gasteiger partial charge in [0.1, 0.15) is 11.0 Å². The number of likely N-dealkylation sites (N-methyl/N-ethyl adjacent to an activating group) is 1. The van der Waals surface area contributed by atoms with Crippen molar-refractivity contribution in [2.24, 2.45) is 7.05 Å². The quantitative estimate of drug-likeness (QED) is 0.611. The Bertz CT molecular complexity index is 850. The molecule has 0 radical (unpaired) electrons. The molecule has 1 aliphatic rings. The largest absolute Gasteiger partial charge is 0.349 e. The topological polar surface area (TPSA) is 41.3 Å². The standard InChI is InChI=1S/C15H18BrN6/c1-19-5-7-21(8-6-19)14-15-18-20(2)10-22(15)13-9-11(16)3-4-12(13)17-14/h3-4,9-10H,5-8H2,1-2H3/q+1. The van der Waals surface area contributed by atoms with Crippen LogP contribution in [0.25, 0.3) is 16.7 Å². The Hall–Kier alpha value is -1.73. The molecule has 6 nitrogen and oxygen atoms in total. The average molecular weight is 362 g/mol. The lowest BCUT2D eigenvalue weighted by molar-refractivity contribution is -0.482. The van der Waals surface area contributed by atoms with Crippen LogP contribution in [0, 0.1) is 0 Å². The van der Waals surface area contributed by atoms with Gasteiger partial charge < -0.3 is 9.80 Å². The molecule has 0 saturated carbocycles. The first kappa shape index (κ1) is 13.9. The van der Waals surface area contributed by atoms with Crippen LogP contribution in [-0.2, 0) is 7.05 Å². The smallest absolute Gasteiger partial charge is 0.348 e. The summed E-state index contributed by atoms with van der Waals surface area (Å²) in [5.74, 6) is 0.975. The van der Waals surface area contributed by atoms with Crippen molar-refractivity contribution >= 4 is 38.4 Å². The number of hydrogen-bond donors (Lipinski definition) is 0. The first-order valence-electron chi connectivity index (χ1n) is 7.39. The first-order valence-corrected chi connectivity index (χ1v) is 8.19. The number of fused-ring (bicyclic) bond motifs is 3. The summed E-state index contributed by atoms with van der Waals surface area (Å²) in [6.45, 7) is 4.08. The number of hydrogen-bond acceptors (Lipinski definition) is 4. The van der Waals surface area contributed by atoms with Crippen LogP contribution >= 0.6 is 15.9 Å². The number of nitrogens with zero attached hydrogens (tertiary/aromatic N) is 6. The number of aromatic nitrogens is 4. The summed E-state index contributed by atoms with van der Waals surface area (Å²) >= 11 is 3.54. The van der Waals surface area contributed by atoms with Gasteiger partial charge in [0.25, 0.3) is 0 Å². The second kappa shape index (κ2) is 5.17. The predicted molar refractivity (Wildman–Crippen MR) is 89.1 cm³/mol. The van der Waals surface area contributed by atoms with Crippen molar-refractivity contribution in [3.05, 3.63) is 29.0 Å². The minimum absolute atomic E-state index is 0.914. The van der Waals surface area contributed by atoms with Crippen LogP contribution in [0.3, 0.4) is 0 Å². The van der Waals surface area contributed by atoms with Gasteiger partial charge in [0.05, 0.1) is 7.05 Å². The van der Waals surface area contributed by atoms with Crippen molar-refractivity contribution in [3.63, 3.8) is 0 Å². The van der Waals surface area contributed by atoms with Gasteiger partial charge in [-0.15, -0.1) is 4.68 Å². The molecule has 4 rings (SSSR count). The monoisotopic (exact) mass is 361 g/mol. The van der Waals surface area contributed by atoms with Crippen LogP contribution in [-0.4, -0.2) is 52.9 Å². The van der Waals surface area contributed by atoms with Crippen LogP contribution in [0.1, 0.15) is 0 Å². The third-order valence-electron chi connectivity index (χ3n) is 4.19. The summed E-state index contributed by atoms with van der Waals surface area (Å²) in [5.41, 5.74) is 2.97. The molecule has 0 bridgehead atoms. The van der Waals surface area contributed by atoms with Gasteiger partial charge in [0.2, 0.25) is 12.1 Å². The third kappa shape index (κ3) is 2.24. The van der Waals surface area contributed by atoms with Crippen molar-refractivity contribution in [3.8, 4) is 0 Å². The SMILES string of the molecule is CN1CCN(c2nc3ccc(Br)cc3[n+]3cn(C)nc23)CC1. The number of benzene rings is 1. The van der Waals surface area contributed by atoms with E-state index in [0.29, 0.717) is 0 Å². The maximum atomic E-state index is 4.90. The van der Waals surface area contributed by atoms with Gasteiger partial charge in [-0.05, 0) is 25.2 Å². The van der Waals surface area contributed by atoms with Crippen molar-refractivity contribution in [1.29, 1.82) is 0 Å². The molecule has 0 N–H and O–H groups in total. The second-order valence-electron chi connectivity index (χ2n) is 5.84. The number of halogens is 1. The fraction of sp³-hybridized carbons (Fsp3) is 0.400. The Morgan fingerprint density at radius 3 is 2.68 bits per heavy atom. The molecule has 0 aliphatic carbocycles. The van der Waals surface area contributed by atoms with Crippen molar-refractivity contribution in [2.75, 3.05) is 38.1 Å². The first-order chi connectivity index (χ1) is 10.6. The van der Waals surface area contributed by atoms with Crippen molar-refractivity contribution in [1.82, 2.24) is 19.7 Å². The summed E-state index contributed by atoms with van der Waals surface area (Å²) in [7, 11) is 4.11. The lowest BCUT2D eigenvalue weighted by atomic mass is 10.3. The highest BCUT2D eigenvalue weighted by Gasteiger charge is 2.25. The van der Waals surface area contributed by atoms with Crippen LogP contribution in [0.5, 0.6) is 0 Å². The molecular weight excluding hydrogens is 344 g/mol. The lowest BCUT2D eigenvalue weighted by Crippen LogP contribution is -2.45. The van der Waals surface area contributed by atoms with Gasteiger partial charge in [0, 0.05) is 35.8 Å². The summed E-state index contributed by atoms with van der Waals surface area (Å²) in [5, 5.41) is 4.63. The Balaban J connectivity index is 1.94. The molecule has 1 fully saturated rings. The van der Waals surface area contributed by atoms with Crippen molar-refractivity contribution < 1.29 is 4.40 Å². The van der Waals surface area contributed by atoms with E-state index in [4.69, 9.17) is 4.98 Å². The average Bonchev–Trinajstić information content (AvgIpc) is 2.89. The highest BCUT2D eigenvalue weighted by Crippen LogP contribution is 2.22. The fourth-order valence-electron chi connectivity index (χ4n) is 2.95. The zero-order valence-electron chi connectivity index (χ0n) is 12.7. The van der Waals surface area contributed by atoms with Crippen LogP contribution < -0.4 is 9.30 Å². The fourth-order valence-corrected chi connectivity index (χ4v) is 3.30. The number of rotatable bonds is 1. The lowest BCUT2D eigenvalue weighted by Gasteiger charge is -2.32. The zero-order valence-corrected chi connectivity index (χ0v) is 14.3. The van der Waals surface area contributed by atoms with E-state index in [2.05, 4.69) is 54.4 Å². The summed E-state index contributed by atoms with van der Waals surface area (Å²) in [6, 6.07) is 6.18. The molecule has 0 amide bonds. The molecule has 2 aromatic heterocycles. The normalized spacial score (nSPS) is 16.8. The predicted octanol–water partition coefficient (Wildman–Crippen LogP) is 1.22. The van der Waals surface area contributed by atoms with Gasteiger partial charge >= 0.3 is 5.65 Å². The number of anilines is 1. The Kier molecular flexibility index (Phi) is 3.27. The molecule has 1 aliphatic heterocycles. The van der Waals surface area contributed by atoms with E-state index in [1.54, 1.807) is 0 Å². The van der Waals surface area contributed by atoms with Gasteiger partial charge in [0.15, 0.2) is 0 Å². The zero-order chi connectivity index (χ0) is 15.3. The summed E-state index contributed by atoms with van der Waals surface area (Å²) < 4.78 is 5.02. The second-order valence-corrected chi connectivity index (χ2v) is 6.76. The molecule has 0 unspecified atom stereocenters. The molecule has 1 aromatic carbocycles. The highest BCUT2D eigenvalue weighted by molar-refractivity contribution is 9.10. The van der Waals surface area contributed by atoms with Crippen LogP contribution in [0.2, 0.25) is 0 Å². The molecule has 0 spiro atoms. The molecular formula is C15H18BrN6+. The maximum absolute atomic E-state index is 4.90. The van der Waals surface area contributed by atoms with Gasteiger partial charge in [-0.25, -0.2) is 4.98 Å². The Morgan fingerprint density at radius 1 is 1.14 bits per heavy atom. The van der Waals surface area contributed by atoms with E-state index in [1.807, 2.05) is 24.1 Å². The minimum atomic E-state index is 0.914. The molecule has 1 saturated heterocycles. The number of piperazine rings is 1. The number of aryl methyl sites for hydroxylation is 1.